The Morgan fingerprint density at radius 3 is 2.54 bits per heavy atom. The lowest BCUT2D eigenvalue weighted by molar-refractivity contribution is -0.124. The molecule has 2 heterocycles. The van der Waals surface area contributed by atoms with Crippen LogP contribution < -0.4 is 4.74 Å². The average molecular weight is 497 g/mol. The van der Waals surface area contributed by atoms with Gasteiger partial charge in [0.25, 0.3) is 0 Å². The van der Waals surface area contributed by atoms with Gasteiger partial charge in [0, 0.05) is 44.4 Å². The van der Waals surface area contributed by atoms with Crippen LogP contribution in [0.2, 0.25) is 0 Å². The fraction of sp³-hybridized carbons (Fsp3) is 0.344. The van der Waals surface area contributed by atoms with Crippen molar-refractivity contribution in [3.05, 3.63) is 90.0 Å². The molecule has 2 aliphatic rings. The van der Waals surface area contributed by atoms with Crippen molar-refractivity contribution in [1.82, 2.24) is 9.80 Å². The molecule has 0 aromatic heterocycles. The van der Waals surface area contributed by atoms with Crippen LogP contribution >= 0.6 is 0 Å². The smallest absolute Gasteiger partial charge is 0.246 e. The molecule has 0 bridgehead atoms. The van der Waals surface area contributed by atoms with Gasteiger partial charge in [-0.3, -0.25) is 9.69 Å². The van der Waals surface area contributed by atoms with E-state index in [1.165, 1.54) is 21.9 Å². The highest BCUT2D eigenvalue weighted by Gasteiger charge is 2.19. The van der Waals surface area contributed by atoms with Gasteiger partial charge in [-0.15, -0.1) is 0 Å². The second-order valence-electron chi connectivity index (χ2n) is 10.1. The lowest BCUT2D eigenvalue weighted by Gasteiger charge is -2.28. The summed E-state index contributed by atoms with van der Waals surface area (Å²) >= 11 is 0. The van der Waals surface area contributed by atoms with Gasteiger partial charge in [-0.2, -0.15) is 0 Å². The van der Waals surface area contributed by atoms with Gasteiger partial charge in [-0.05, 0) is 65.8 Å². The van der Waals surface area contributed by atoms with Crippen molar-refractivity contribution in [3.63, 3.8) is 0 Å². The Labute approximate surface area is 219 Å². The Hall–Kier alpha value is -3.41. The molecule has 3 aromatic carbocycles. The molecule has 0 aliphatic carbocycles. The molecule has 192 valence electrons. The Bertz CT molecular complexity index is 1310. The summed E-state index contributed by atoms with van der Waals surface area (Å²) in [7, 11) is 0. The van der Waals surface area contributed by atoms with Crippen LogP contribution in [0.1, 0.15) is 37.3 Å². The molecule has 1 N–H and O–H groups in total. The van der Waals surface area contributed by atoms with Crippen molar-refractivity contribution >= 4 is 27.8 Å². The number of carbonyl (C=O) groups is 1. The van der Waals surface area contributed by atoms with Gasteiger partial charge in [-0.1, -0.05) is 60.7 Å². The van der Waals surface area contributed by atoms with Crippen LogP contribution in [0.4, 0.5) is 0 Å². The lowest BCUT2D eigenvalue weighted by Crippen LogP contribution is -2.38. The van der Waals surface area contributed by atoms with Crippen LogP contribution in [0.3, 0.4) is 0 Å². The summed E-state index contributed by atoms with van der Waals surface area (Å²) in [5, 5.41) is 13.2. The number of carbonyl (C=O) groups excluding carboxylic acids is 1. The van der Waals surface area contributed by atoms with Crippen molar-refractivity contribution in [1.29, 1.82) is 0 Å². The van der Waals surface area contributed by atoms with E-state index in [1.807, 2.05) is 36.1 Å². The van der Waals surface area contributed by atoms with Gasteiger partial charge in [0.15, 0.2) is 0 Å². The average Bonchev–Trinajstić information content (AvgIpc) is 3.48. The number of hydrogen-bond donors (Lipinski definition) is 1. The van der Waals surface area contributed by atoms with Crippen LogP contribution in [0.15, 0.2) is 78.9 Å². The summed E-state index contributed by atoms with van der Waals surface area (Å²) in [6.07, 6.45) is 6.50. The standard InChI is InChI=1S/C32H36N2O3/c1-24(20-32(36)34-16-6-7-17-34)30-10-4-5-11-31(30)37-23-29(35)22-33-18-14-26(15-19-33)28-13-12-25-8-2-3-9-27(25)21-28/h2-5,8-14,20-21,29,35H,6-7,15-19,22-23H2,1H3. The van der Waals surface area contributed by atoms with E-state index in [4.69, 9.17) is 4.74 Å². The zero-order chi connectivity index (χ0) is 25.6. The maximum Gasteiger partial charge on any atom is 0.246 e. The Morgan fingerprint density at radius 1 is 1.00 bits per heavy atom. The van der Waals surface area contributed by atoms with Crippen LogP contribution in [0, 0.1) is 0 Å². The largest absolute Gasteiger partial charge is 0.490 e. The second kappa shape index (κ2) is 11.8. The summed E-state index contributed by atoms with van der Waals surface area (Å²) in [4.78, 5) is 16.7. The van der Waals surface area contributed by atoms with E-state index in [0.29, 0.717) is 12.3 Å². The van der Waals surface area contributed by atoms with E-state index in [2.05, 4.69) is 53.4 Å². The minimum absolute atomic E-state index is 0.0612. The zero-order valence-electron chi connectivity index (χ0n) is 21.6. The number of hydrogen-bond acceptors (Lipinski definition) is 4. The van der Waals surface area contributed by atoms with E-state index >= 15 is 0 Å². The first-order chi connectivity index (χ1) is 18.1. The number of likely N-dealkylation sites (tertiary alicyclic amines) is 1. The summed E-state index contributed by atoms with van der Waals surface area (Å²) in [5.41, 5.74) is 4.42. The van der Waals surface area contributed by atoms with Gasteiger partial charge in [0.2, 0.25) is 5.91 Å². The van der Waals surface area contributed by atoms with Crippen molar-refractivity contribution < 1.29 is 14.6 Å². The van der Waals surface area contributed by atoms with Gasteiger partial charge in [-0.25, -0.2) is 0 Å². The minimum atomic E-state index is -0.598. The first kappa shape index (κ1) is 25.2. The highest BCUT2D eigenvalue weighted by Crippen LogP contribution is 2.28. The summed E-state index contributed by atoms with van der Waals surface area (Å²) in [6.45, 7) is 6.11. The number of allylic oxidation sites excluding steroid dienone is 1. The van der Waals surface area contributed by atoms with Gasteiger partial charge in [0.05, 0.1) is 0 Å². The third kappa shape index (κ3) is 6.30. The fourth-order valence-electron chi connectivity index (χ4n) is 5.28. The van der Waals surface area contributed by atoms with Crippen LogP contribution in [0.5, 0.6) is 5.75 Å². The normalized spacial score (nSPS) is 17.6. The molecule has 5 heteroatoms. The molecule has 2 aliphatic heterocycles. The quantitative estimate of drug-likeness (QED) is 0.425. The Kier molecular flexibility index (Phi) is 8.02. The molecule has 37 heavy (non-hydrogen) atoms. The predicted molar refractivity (Wildman–Crippen MR) is 150 cm³/mol. The third-order valence-corrected chi connectivity index (χ3v) is 7.38. The van der Waals surface area contributed by atoms with Crippen LogP contribution in [-0.2, 0) is 4.79 Å². The van der Waals surface area contributed by atoms with Crippen molar-refractivity contribution in [2.45, 2.75) is 32.3 Å². The summed E-state index contributed by atoms with van der Waals surface area (Å²) in [6, 6.07) is 22.9. The van der Waals surface area contributed by atoms with Gasteiger partial charge in [0.1, 0.15) is 18.5 Å². The highest BCUT2D eigenvalue weighted by atomic mass is 16.5. The molecular formula is C32H36N2O3. The van der Waals surface area contributed by atoms with E-state index in [1.54, 1.807) is 6.08 Å². The second-order valence-corrected chi connectivity index (χ2v) is 10.1. The summed E-state index contributed by atoms with van der Waals surface area (Å²) < 4.78 is 6.04. The molecule has 1 atom stereocenters. The highest BCUT2D eigenvalue weighted by molar-refractivity contribution is 5.95. The number of β-amino-alcohol motifs (C(OH)–C–C–N with tert-alkyl or cyclic N) is 1. The Morgan fingerprint density at radius 2 is 1.76 bits per heavy atom. The maximum atomic E-state index is 12.6. The van der Waals surface area contributed by atoms with E-state index in [-0.39, 0.29) is 12.5 Å². The van der Waals surface area contributed by atoms with E-state index in [9.17, 15) is 9.90 Å². The molecule has 1 fully saturated rings. The third-order valence-electron chi connectivity index (χ3n) is 7.38. The number of rotatable bonds is 8. The molecule has 1 saturated heterocycles. The lowest BCUT2D eigenvalue weighted by atomic mass is 9.97. The molecule has 0 spiro atoms. The molecule has 1 amide bonds. The molecule has 1 unspecified atom stereocenters. The van der Waals surface area contributed by atoms with Crippen molar-refractivity contribution in [2.24, 2.45) is 0 Å². The van der Waals surface area contributed by atoms with E-state index in [0.717, 1.165) is 56.6 Å². The molecular weight excluding hydrogens is 460 g/mol. The monoisotopic (exact) mass is 496 g/mol. The first-order valence-electron chi connectivity index (χ1n) is 13.3. The van der Waals surface area contributed by atoms with Crippen LogP contribution in [-0.4, -0.2) is 66.2 Å². The number of fused-ring (bicyclic) bond motifs is 1. The van der Waals surface area contributed by atoms with Gasteiger partial charge < -0.3 is 14.7 Å². The number of benzene rings is 3. The topological polar surface area (TPSA) is 53.0 Å². The Balaban J connectivity index is 1.15. The fourth-order valence-corrected chi connectivity index (χ4v) is 5.28. The minimum Gasteiger partial charge on any atom is -0.490 e. The number of aliphatic hydroxyl groups excluding tert-OH is 1. The maximum absolute atomic E-state index is 12.6. The molecule has 5 nitrogen and oxygen atoms in total. The molecule has 3 aromatic rings. The number of ether oxygens (including phenoxy) is 1. The number of aliphatic hydroxyl groups is 1. The van der Waals surface area contributed by atoms with Gasteiger partial charge >= 0.3 is 0 Å². The predicted octanol–water partition coefficient (Wildman–Crippen LogP) is 5.39. The van der Waals surface area contributed by atoms with Crippen molar-refractivity contribution in [3.8, 4) is 5.75 Å². The van der Waals surface area contributed by atoms with Crippen molar-refractivity contribution in [2.75, 3.05) is 39.3 Å². The number of nitrogens with zero attached hydrogens (tertiary/aromatic N) is 2. The number of amides is 1. The zero-order valence-corrected chi connectivity index (χ0v) is 21.6. The molecule has 0 radical (unpaired) electrons. The molecule has 0 saturated carbocycles. The first-order valence-corrected chi connectivity index (χ1v) is 13.3. The van der Waals surface area contributed by atoms with E-state index < -0.39 is 6.10 Å². The molecule has 5 rings (SSSR count). The number of para-hydroxylation sites is 1. The summed E-state index contributed by atoms with van der Waals surface area (Å²) in [5.74, 6) is 0.757. The van der Waals surface area contributed by atoms with Crippen LogP contribution in [0.25, 0.3) is 21.9 Å². The SMILES string of the molecule is CC(=CC(=O)N1CCCC1)c1ccccc1OCC(O)CN1CC=C(c2ccc3ccccc3c2)CC1.